The Morgan fingerprint density at radius 2 is 0.932 bits per heavy atom. The molecule has 88 heavy (non-hydrogen) atoms. The predicted octanol–water partition coefficient (Wildman–Crippen LogP) is 0.846. The minimum absolute atomic E-state index is 0.0494. The first-order valence-electron chi connectivity index (χ1n) is 32.3. The summed E-state index contributed by atoms with van der Waals surface area (Å²) in [7, 11) is 0. The van der Waals surface area contributed by atoms with E-state index in [1.165, 1.54) is 6.92 Å². The van der Waals surface area contributed by atoms with Gasteiger partial charge in [-0.3, -0.25) is 52.7 Å². The van der Waals surface area contributed by atoms with Crippen LogP contribution in [0.3, 0.4) is 0 Å². The maximum atomic E-state index is 14.8. The third kappa shape index (κ3) is 17.4. The van der Waals surface area contributed by atoms with Crippen LogP contribution in [-0.2, 0) is 62.3 Å². The molecule has 6 fully saturated rings. The van der Waals surface area contributed by atoms with Gasteiger partial charge < -0.3 is 78.4 Å². The fourth-order valence-corrected chi connectivity index (χ4v) is 13.2. The molecule has 5 aliphatic carbocycles. The van der Waals surface area contributed by atoms with E-state index in [4.69, 9.17) is 10.5 Å². The van der Waals surface area contributed by atoms with Crippen LogP contribution in [0.5, 0.6) is 0 Å². The van der Waals surface area contributed by atoms with Crippen LogP contribution in [-0.4, -0.2) is 164 Å². The third-order valence-corrected chi connectivity index (χ3v) is 19.2. The maximum absolute atomic E-state index is 14.8. The van der Waals surface area contributed by atoms with Gasteiger partial charge in [-0.05, 0) is 99.7 Å². The van der Waals surface area contributed by atoms with Gasteiger partial charge in [0.25, 0.3) is 5.91 Å². The Morgan fingerprint density at radius 1 is 0.523 bits per heavy atom. The largest absolute Gasteiger partial charge is 0.481 e. The van der Waals surface area contributed by atoms with Crippen LogP contribution in [0.4, 0.5) is 0 Å². The van der Waals surface area contributed by atoms with Crippen molar-refractivity contribution in [2.45, 2.75) is 254 Å². The van der Waals surface area contributed by atoms with Crippen molar-refractivity contribution in [2.24, 2.45) is 47.2 Å². The van der Waals surface area contributed by atoms with Crippen LogP contribution in [0, 0.1) is 41.4 Å². The number of aliphatic carboxylic acids is 1. The standard InChI is InChI=1S/C62H100N10O16/c1-8-10-12-14-17-21-38-26-58(38,53(63)83)69-49(78)45(31-73)67-57(87)62(30-43(62)52(81)82)71-48(77)44(25-35(3)4)64-55(85)60(28-40(60)23-19-16-20-24-41-34-88-41)70-50(79)46(32-74)66-56(86)61(29-42(61)36(5)6)72-51(80)47(33-75)65-54(84)59(68-37(7)76)27-39(59)22-18-15-13-11-9-2/h33,35-36,38-47,73-74H,8-32,34H2,1-7H3,(H2,63,83)(H,64,85)(H,65,84)(H,66,86)(H,67,87)(H,68,76)(H,69,78)(H,70,79)(H,71,77)(H,72,80)(H,81,82)/t38?,39?,40?,41?,42?,43?,44-,45-,46-,47-,58?,59?,60?,61?,62?/m1/s1. The van der Waals surface area contributed by atoms with Gasteiger partial charge in [0.1, 0.15) is 45.8 Å². The summed E-state index contributed by atoms with van der Waals surface area (Å²) in [6, 6.07) is -6.61. The molecule has 0 bridgehead atoms. The molecule has 494 valence electrons. The molecule has 0 aromatic rings. The summed E-state index contributed by atoms with van der Waals surface area (Å²) in [5, 5.41) is 54.7. The van der Waals surface area contributed by atoms with Gasteiger partial charge in [-0.25, -0.2) is 0 Å². The van der Waals surface area contributed by atoms with Crippen molar-refractivity contribution in [3.8, 4) is 0 Å². The van der Waals surface area contributed by atoms with E-state index in [0.29, 0.717) is 38.7 Å². The normalized spacial score (nSPS) is 29.8. The Kier molecular flexibility index (Phi) is 24.5. The Labute approximate surface area is 516 Å². The van der Waals surface area contributed by atoms with E-state index in [2.05, 4.69) is 61.7 Å². The highest BCUT2D eigenvalue weighted by Gasteiger charge is 2.68. The second-order valence-corrected chi connectivity index (χ2v) is 26.9. The van der Waals surface area contributed by atoms with Crippen molar-refractivity contribution in [1.29, 1.82) is 0 Å². The van der Waals surface area contributed by atoms with Gasteiger partial charge in [0, 0.05) is 6.92 Å². The Hall–Kier alpha value is -6.28. The highest BCUT2D eigenvalue weighted by Crippen LogP contribution is 2.51. The van der Waals surface area contributed by atoms with Crippen LogP contribution < -0.4 is 53.6 Å². The van der Waals surface area contributed by atoms with Crippen molar-refractivity contribution in [3.05, 3.63) is 0 Å². The number of unbranched alkanes of at least 4 members (excludes halogenated alkanes) is 10. The van der Waals surface area contributed by atoms with Crippen molar-refractivity contribution in [3.63, 3.8) is 0 Å². The summed E-state index contributed by atoms with van der Waals surface area (Å²) >= 11 is 0. The van der Waals surface area contributed by atoms with E-state index >= 15 is 0 Å². The first kappa shape index (κ1) is 70.8. The number of carboxylic acids is 1. The number of carbonyl (C=O) groups is 12. The molecule has 0 aromatic heterocycles. The van der Waals surface area contributed by atoms with E-state index in [0.717, 1.165) is 83.5 Å². The molecule has 26 heteroatoms. The van der Waals surface area contributed by atoms with E-state index < -0.39 is 154 Å². The van der Waals surface area contributed by atoms with Crippen molar-refractivity contribution < 1.29 is 77.6 Å². The van der Waals surface area contributed by atoms with Gasteiger partial charge in [0.15, 0.2) is 12.3 Å². The molecule has 1 aliphatic heterocycles. The number of aliphatic hydroxyl groups excluding tert-OH is 2. The molecule has 15 atom stereocenters. The zero-order chi connectivity index (χ0) is 64.9. The predicted molar refractivity (Wildman–Crippen MR) is 319 cm³/mol. The molecule has 6 rings (SSSR count). The van der Waals surface area contributed by atoms with Crippen molar-refractivity contribution in [2.75, 3.05) is 19.8 Å². The number of aliphatic hydroxyl groups is 2. The van der Waals surface area contributed by atoms with Gasteiger partial charge in [-0.2, -0.15) is 0 Å². The molecule has 10 amide bonds. The molecule has 0 spiro atoms. The first-order valence-corrected chi connectivity index (χ1v) is 32.3. The molecule has 11 unspecified atom stereocenters. The average Bonchev–Trinajstić information content (AvgIpc) is 1.65. The molecule has 5 saturated carbocycles. The highest BCUT2D eigenvalue weighted by atomic mass is 16.6. The fraction of sp³-hybridized carbons (Fsp3) is 0.806. The van der Waals surface area contributed by atoms with Gasteiger partial charge in [0.2, 0.25) is 53.2 Å². The quantitative estimate of drug-likeness (QED) is 0.0174. The molecule has 0 aromatic carbocycles. The van der Waals surface area contributed by atoms with Gasteiger partial charge >= 0.3 is 5.97 Å². The van der Waals surface area contributed by atoms with Crippen LogP contribution in [0.2, 0.25) is 0 Å². The van der Waals surface area contributed by atoms with Crippen LogP contribution >= 0.6 is 0 Å². The van der Waals surface area contributed by atoms with E-state index in [1.54, 1.807) is 27.7 Å². The van der Waals surface area contributed by atoms with Crippen LogP contribution in [0.1, 0.15) is 196 Å². The van der Waals surface area contributed by atoms with Crippen LogP contribution in [0.25, 0.3) is 0 Å². The average molecular weight is 1240 g/mol. The Bertz CT molecular complexity index is 2580. The number of epoxide rings is 1. The molecular formula is C62H100N10O16. The third-order valence-electron chi connectivity index (χ3n) is 19.2. The van der Waals surface area contributed by atoms with Crippen LogP contribution in [0.15, 0.2) is 0 Å². The fourth-order valence-electron chi connectivity index (χ4n) is 13.2. The lowest BCUT2D eigenvalue weighted by Gasteiger charge is -2.29. The molecule has 1 saturated heterocycles. The minimum atomic E-state index is -2.15. The molecule has 6 aliphatic rings. The number of carbonyl (C=O) groups excluding carboxylic acids is 11. The number of primary amides is 1. The summed E-state index contributed by atoms with van der Waals surface area (Å²) in [6.07, 6.45) is 15.2. The monoisotopic (exact) mass is 1240 g/mol. The minimum Gasteiger partial charge on any atom is -0.481 e. The molecular weight excluding hydrogens is 1140 g/mol. The van der Waals surface area contributed by atoms with Gasteiger partial charge in [-0.15, -0.1) is 0 Å². The second-order valence-electron chi connectivity index (χ2n) is 26.9. The Balaban J connectivity index is 1.14. The number of aldehydes is 1. The summed E-state index contributed by atoms with van der Waals surface area (Å²) in [4.78, 5) is 164. The number of ether oxygens (including phenoxy) is 1. The number of carboxylic acid groups (broad SMARTS) is 1. The van der Waals surface area contributed by atoms with E-state index in [1.807, 2.05) is 0 Å². The number of rotatable bonds is 43. The van der Waals surface area contributed by atoms with Crippen molar-refractivity contribution >= 4 is 71.3 Å². The summed E-state index contributed by atoms with van der Waals surface area (Å²) in [5.41, 5.74) is -2.52. The summed E-state index contributed by atoms with van der Waals surface area (Å²) in [6.45, 7) is 11.3. The van der Waals surface area contributed by atoms with Crippen molar-refractivity contribution in [1.82, 2.24) is 47.9 Å². The summed E-state index contributed by atoms with van der Waals surface area (Å²) < 4.78 is 5.34. The number of hydrogen-bond donors (Lipinski definition) is 13. The maximum Gasteiger partial charge on any atom is 0.309 e. The van der Waals surface area contributed by atoms with Gasteiger partial charge in [-0.1, -0.05) is 125 Å². The number of hydrogen-bond acceptors (Lipinski definition) is 15. The smallest absolute Gasteiger partial charge is 0.309 e. The molecule has 14 N–H and O–H groups in total. The highest BCUT2D eigenvalue weighted by molar-refractivity contribution is 6.07. The topological polar surface area (TPSA) is 412 Å². The zero-order valence-corrected chi connectivity index (χ0v) is 52.6. The number of nitrogens with one attached hydrogen (secondary N) is 9. The number of nitrogens with two attached hydrogens (primary N) is 1. The first-order chi connectivity index (χ1) is 41.7. The van der Waals surface area contributed by atoms with E-state index in [-0.39, 0.29) is 61.7 Å². The molecule has 1 heterocycles. The second kappa shape index (κ2) is 30.5. The zero-order valence-electron chi connectivity index (χ0n) is 52.6. The lowest BCUT2D eigenvalue weighted by atomic mass is 10.00. The molecule has 0 radical (unpaired) electrons. The lowest BCUT2D eigenvalue weighted by Crippen LogP contribution is -2.64. The number of amides is 10. The van der Waals surface area contributed by atoms with E-state index in [9.17, 15) is 72.9 Å². The van der Waals surface area contributed by atoms with Gasteiger partial charge in [0.05, 0.1) is 31.8 Å². The summed E-state index contributed by atoms with van der Waals surface area (Å²) in [5.74, 6) is -13.7. The SMILES string of the molecule is CCCCCCCC1CC1(NC(=O)[C@@H](CO)NC(=O)C1(NC(=O)[C@@H](CC(C)C)NC(=O)C2(NC(=O)[C@@H](CO)NC(=O)C3(NC(=O)[C@@H](C=O)NC(=O)C4(NC(C)=O)CC4CCCCCCC)CC3C(C)C)CC2CCCCCC2CO2)CC1C(=O)O)C(N)=O. The lowest BCUT2D eigenvalue weighted by molar-refractivity contribution is -0.142. The molecule has 26 nitrogen and oxygen atoms in total. The Morgan fingerprint density at radius 3 is 1.38 bits per heavy atom.